The summed E-state index contributed by atoms with van der Waals surface area (Å²) in [5.74, 6) is -0.0747. The van der Waals surface area contributed by atoms with Gasteiger partial charge >= 0.3 is 0 Å². The summed E-state index contributed by atoms with van der Waals surface area (Å²) in [6.07, 6.45) is 5.92. The van der Waals surface area contributed by atoms with Crippen LogP contribution >= 0.6 is 12.2 Å². The predicted molar refractivity (Wildman–Crippen MR) is 111 cm³/mol. The zero-order chi connectivity index (χ0) is 19.5. The van der Waals surface area contributed by atoms with Gasteiger partial charge in [0.1, 0.15) is 11.6 Å². The van der Waals surface area contributed by atoms with Gasteiger partial charge in [0, 0.05) is 5.56 Å². The quantitative estimate of drug-likeness (QED) is 0.452. The van der Waals surface area contributed by atoms with Crippen molar-refractivity contribution in [3.8, 4) is 5.75 Å². The zero-order valence-electron chi connectivity index (χ0n) is 15.5. The van der Waals surface area contributed by atoms with Gasteiger partial charge in [-0.2, -0.15) is 0 Å². The molecule has 2 N–H and O–H groups in total. The Labute approximate surface area is 165 Å². The summed E-state index contributed by atoms with van der Waals surface area (Å²) in [5, 5.41) is 5.25. The van der Waals surface area contributed by atoms with E-state index in [0.29, 0.717) is 12.2 Å². The lowest BCUT2D eigenvalue weighted by Gasteiger charge is -2.11. The molecule has 0 unspecified atom stereocenters. The van der Waals surface area contributed by atoms with Crippen LogP contribution in [0, 0.1) is 5.82 Å². The van der Waals surface area contributed by atoms with Gasteiger partial charge < -0.3 is 10.1 Å². The molecule has 0 fully saturated rings. The van der Waals surface area contributed by atoms with Crippen LogP contribution in [-0.4, -0.2) is 17.6 Å². The molecule has 0 aromatic heterocycles. The van der Waals surface area contributed by atoms with Crippen molar-refractivity contribution in [1.82, 2.24) is 5.32 Å². The van der Waals surface area contributed by atoms with Crippen molar-refractivity contribution >= 4 is 28.9 Å². The minimum absolute atomic E-state index is 0.0394. The van der Waals surface area contributed by atoms with Crippen LogP contribution in [0.1, 0.15) is 49.4 Å². The molecule has 6 heteroatoms. The monoisotopic (exact) mass is 388 g/mol. The van der Waals surface area contributed by atoms with Crippen molar-refractivity contribution < 1.29 is 13.9 Å². The number of para-hydroxylation sites is 1. The number of halogens is 1. The van der Waals surface area contributed by atoms with Gasteiger partial charge in [-0.1, -0.05) is 44.7 Å². The standard InChI is InChI=1S/C21H25FN2O2S/c1-2-3-4-5-8-15-26-17-13-11-16(12-14-17)20(25)24-21(27)23-19-10-7-6-9-18(19)22/h6-7,9-14H,2-5,8,15H2,1H3,(H2,23,24,25,27). The Bertz CT molecular complexity index is 750. The number of carbonyl (C=O) groups excluding carboxylic acids is 1. The van der Waals surface area contributed by atoms with E-state index in [1.54, 1.807) is 42.5 Å². The van der Waals surface area contributed by atoms with E-state index in [1.807, 2.05) is 0 Å². The van der Waals surface area contributed by atoms with Crippen molar-refractivity contribution in [3.05, 3.63) is 59.9 Å². The summed E-state index contributed by atoms with van der Waals surface area (Å²) < 4.78 is 19.3. The number of thiocarbonyl (C=S) groups is 1. The Hall–Kier alpha value is -2.47. The number of hydrogen-bond donors (Lipinski definition) is 2. The summed E-state index contributed by atoms with van der Waals surface area (Å²) in [4.78, 5) is 12.2. The van der Waals surface area contributed by atoms with Gasteiger partial charge in [0.2, 0.25) is 0 Å². The van der Waals surface area contributed by atoms with E-state index in [4.69, 9.17) is 17.0 Å². The summed E-state index contributed by atoms with van der Waals surface area (Å²) in [7, 11) is 0. The number of nitrogens with one attached hydrogen (secondary N) is 2. The number of amides is 1. The maximum Gasteiger partial charge on any atom is 0.257 e. The second kappa shape index (κ2) is 11.3. The van der Waals surface area contributed by atoms with Crippen LogP contribution in [0.3, 0.4) is 0 Å². The molecule has 1 amide bonds. The molecule has 0 radical (unpaired) electrons. The molecule has 144 valence electrons. The average Bonchev–Trinajstić information content (AvgIpc) is 2.67. The molecule has 0 aliphatic carbocycles. The number of benzene rings is 2. The van der Waals surface area contributed by atoms with Crippen LogP contribution in [-0.2, 0) is 0 Å². The van der Waals surface area contributed by atoms with Crippen LogP contribution in [0.5, 0.6) is 5.75 Å². The molecule has 2 aromatic rings. The second-order valence-electron chi connectivity index (χ2n) is 6.18. The maximum atomic E-state index is 13.6. The van der Waals surface area contributed by atoms with Crippen molar-refractivity contribution in [2.45, 2.75) is 39.0 Å². The molecule has 0 saturated carbocycles. The molecule has 0 aliphatic rings. The van der Waals surface area contributed by atoms with Crippen molar-refractivity contribution in [3.63, 3.8) is 0 Å². The molecule has 0 saturated heterocycles. The lowest BCUT2D eigenvalue weighted by Crippen LogP contribution is -2.34. The van der Waals surface area contributed by atoms with Crippen LogP contribution < -0.4 is 15.4 Å². The van der Waals surface area contributed by atoms with Gasteiger partial charge in [0.15, 0.2) is 5.11 Å². The smallest absolute Gasteiger partial charge is 0.257 e. The van der Waals surface area contributed by atoms with Crippen LogP contribution in [0.4, 0.5) is 10.1 Å². The minimum atomic E-state index is -0.440. The first-order valence-corrected chi connectivity index (χ1v) is 9.60. The molecule has 0 bridgehead atoms. The number of carbonyl (C=O) groups is 1. The van der Waals surface area contributed by atoms with E-state index in [0.717, 1.165) is 12.2 Å². The highest BCUT2D eigenvalue weighted by Gasteiger charge is 2.09. The van der Waals surface area contributed by atoms with Crippen molar-refractivity contribution in [2.75, 3.05) is 11.9 Å². The molecular weight excluding hydrogens is 363 g/mol. The number of hydrogen-bond acceptors (Lipinski definition) is 3. The van der Waals surface area contributed by atoms with Gasteiger partial charge in [-0.05, 0) is 55.0 Å². The average molecular weight is 389 g/mol. The van der Waals surface area contributed by atoms with Gasteiger partial charge in [0.25, 0.3) is 5.91 Å². The molecule has 0 heterocycles. The van der Waals surface area contributed by atoms with Gasteiger partial charge in [-0.15, -0.1) is 0 Å². The molecule has 0 aliphatic heterocycles. The topological polar surface area (TPSA) is 50.4 Å². The third-order valence-electron chi connectivity index (χ3n) is 3.98. The normalized spacial score (nSPS) is 10.3. The van der Waals surface area contributed by atoms with Crippen LogP contribution in [0.15, 0.2) is 48.5 Å². The van der Waals surface area contributed by atoms with Gasteiger partial charge in [-0.25, -0.2) is 4.39 Å². The van der Waals surface area contributed by atoms with E-state index >= 15 is 0 Å². The Morgan fingerprint density at radius 3 is 2.44 bits per heavy atom. The predicted octanol–water partition coefficient (Wildman–Crippen LogP) is 5.30. The number of anilines is 1. The van der Waals surface area contributed by atoms with E-state index in [2.05, 4.69) is 17.6 Å². The molecule has 0 spiro atoms. The van der Waals surface area contributed by atoms with E-state index in [-0.39, 0.29) is 16.7 Å². The van der Waals surface area contributed by atoms with E-state index in [1.165, 1.54) is 31.7 Å². The molecule has 0 atom stereocenters. The Kier molecular flexibility index (Phi) is 8.71. The summed E-state index contributed by atoms with van der Waals surface area (Å²) in [6, 6.07) is 13.0. The third-order valence-corrected chi connectivity index (χ3v) is 4.19. The Balaban J connectivity index is 1.77. The Morgan fingerprint density at radius 2 is 1.74 bits per heavy atom. The SMILES string of the molecule is CCCCCCCOc1ccc(C(=O)NC(=S)Nc2ccccc2F)cc1. The number of ether oxygens (including phenoxy) is 1. The number of rotatable bonds is 9. The molecule has 2 aromatic carbocycles. The van der Waals surface area contributed by atoms with E-state index < -0.39 is 5.82 Å². The Morgan fingerprint density at radius 1 is 1.04 bits per heavy atom. The highest BCUT2D eigenvalue weighted by molar-refractivity contribution is 7.80. The minimum Gasteiger partial charge on any atom is -0.494 e. The summed E-state index contributed by atoms with van der Waals surface area (Å²) in [5.41, 5.74) is 0.661. The van der Waals surface area contributed by atoms with Gasteiger partial charge in [0.05, 0.1) is 12.3 Å². The fourth-order valence-electron chi connectivity index (χ4n) is 2.49. The van der Waals surface area contributed by atoms with Crippen molar-refractivity contribution in [1.29, 1.82) is 0 Å². The van der Waals surface area contributed by atoms with E-state index in [9.17, 15) is 9.18 Å². The highest BCUT2D eigenvalue weighted by atomic mass is 32.1. The fourth-order valence-corrected chi connectivity index (χ4v) is 2.69. The number of unbranched alkanes of at least 4 members (excludes halogenated alkanes) is 4. The molecule has 2 rings (SSSR count). The summed E-state index contributed by atoms with van der Waals surface area (Å²) in [6.45, 7) is 2.86. The third kappa shape index (κ3) is 7.35. The zero-order valence-corrected chi connectivity index (χ0v) is 16.3. The van der Waals surface area contributed by atoms with Crippen molar-refractivity contribution in [2.24, 2.45) is 0 Å². The molecular formula is C21H25FN2O2S. The summed E-state index contributed by atoms with van der Waals surface area (Å²) >= 11 is 5.06. The fraction of sp³-hybridized carbons (Fsp3) is 0.333. The lowest BCUT2D eigenvalue weighted by molar-refractivity contribution is 0.0977. The van der Waals surface area contributed by atoms with Crippen LogP contribution in [0.25, 0.3) is 0 Å². The maximum absolute atomic E-state index is 13.6. The lowest BCUT2D eigenvalue weighted by atomic mass is 10.2. The van der Waals surface area contributed by atoms with Crippen LogP contribution in [0.2, 0.25) is 0 Å². The molecule has 27 heavy (non-hydrogen) atoms. The molecule has 4 nitrogen and oxygen atoms in total. The second-order valence-corrected chi connectivity index (χ2v) is 6.58. The highest BCUT2D eigenvalue weighted by Crippen LogP contribution is 2.14. The first-order chi connectivity index (χ1) is 13.1. The first kappa shape index (κ1) is 20.8. The largest absolute Gasteiger partial charge is 0.494 e. The first-order valence-electron chi connectivity index (χ1n) is 9.20. The van der Waals surface area contributed by atoms with Gasteiger partial charge in [-0.3, -0.25) is 10.1 Å².